The zero-order valence-corrected chi connectivity index (χ0v) is 23.6. The SMILES string of the molecule is NC=O.O=C(COc1ccc(Cl)cc1Cl)Nc1ccc(CC(=O)N2CCC[C@]23C[C@H]2SCCCN2C3=O)cc1. The molecular weight excluding hydrogens is 563 g/mol. The highest BCUT2D eigenvalue weighted by molar-refractivity contribution is 7.99. The van der Waals surface area contributed by atoms with E-state index < -0.39 is 5.54 Å². The molecular formula is C27H30Cl2N4O5S. The molecule has 1 spiro atoms. The second-order valence-electron chi connectivity index (χ2n) is 9.48. The number of nitrogens with two attached hydrogens (primary N) is 1. The number of halogens is 2. The van der Waals surface area contributed by atoms with Gasteiger partial charge in [-0.1, -0.05) is 35.3 Å². The summed E-state index contributed by atoms with van der Waals surface area (Å²) in [7, 11) is 0. The van der Waals surface area contributed by atoms with E-state index >= 15 is 0 Å². The summed E-state index contributed by atoms with van der Waals surface area (Å²) in [5.41, 5.74) is 4.93. The molecule has 3 heterocycles. The lowest BCUT2D eigenvalue weighted by Crippen LogP contribution is -2.53. The number of benzene rings is 2. The molecule has 3 aliphatic heterocycles. The molecule has 9 nitrogen and oxygen atoms in total. The van der Waals surface area contributed by atoms with E-state index in [9.17, 15) is 14.4 Å². The fourth-order valence-electron chi connectivity index (χ4n) is 5.32. The van der Waals surface area contributed by atoms with Gasteiger partial charge in [0.15, 0.2) is 6.61 Å². The van der Waals surface area contributed by atoms with Gasteiger partial charge < -0.3 is 25.6 Å². The Bertz CT molecular complexity index is 1230. The highest BCUT2D eigenvalue weighted by Crippen LogP contribution is 2.46. The quantitative estimate of drug-likeness (QED) is 0.493. The lowest BCUT2D eigenvalue weighted by molar-refractivity contribution is -0.146. The largest absolute Gasteiger partial charge is 0.482 e. The molecule has 3 fully saturated rings. The molecule has 0 aliphatic carbocycles. The molecule has 208 valence electrons. The van der Waals surface area contributed by atoms with E-state index in [0.717, 1.165) is 43.5 Å². The minimum atomic E-state index is -0.667. The Morgan fingerprint density at radius 1 is 1.15 bits per heavy atom. The van der Waals surface area contributed by atoms with E-state index in [2.05, 4.69) is 11.1 Å². The third-order valence-electron chi connectivity index (χ3n) is 7.01. The number of anilines is 1. The third-order valence-corrected chi connectivity index (χ3v) is 8.87. The van der Waals surface area contributed by atoms with Crippen molar-refractivity contribution in [2.75, 3.05) is 30.8 Å². The van der Waals surface area contributed by atoms with Gasteiger partial charge in [-0.25, -0.2) is 0 Å². The standard InChI is InChI=1S/C26H27Cl2N3O4S.CH3NO/c27-18-5-8-21(20(28)14-18)35-16-22(32)29-19-6-3-17(4-7-19)13-23(33)31-11-1-9-26(31)15-24-30(25(26)34)10-2-12-36-24;2-1-3/h3-8,14,24H,1-2,9-13,15-16H2,(H,29,32);1H,(H2,2,3)/t24-,26-;/m1./s1. The number of nitrogens with one attached hydrogen (secondary N) is 1. The number of fused-ring (bicyclic) bond motifs is 1. The summed E-state index contributed by atoms with van der Waals surface area (Å²) in [6.45, 7) is 1.22. The first kappa shape index (κ1) is 29.0. The Labute approximate surface area is 241 Å². The van der Waals surface area contributed by atoms with Crippen LogP contribution in [0, 0.1) is 0 Å². The van der Waals surface area contributed by atoms with Crippen LogP contribution in [0.1, 0.15) is 31.2 Å². The van der Waals surface area contributed by atoms with Gasteiger partial charge in [-0.15, -0.1) is 11.8 Å². The number of hydrogen-bond donors (Lipinski definition) is 2. The highest BCUT2D eigenvalue weighted by atomic mass is 35.5. The predicted molar refractivity (Wildman–Crippen MR) is 152 cm³/mol. The highest BCUT2D eigenvalue weighted by Gasteiger charge is 2.58. The number of ether oxygens (including phenoxy) is 1. The Balaban J connectivity index is 0.00000112. The number of nitrogens with zero attached hydrogens (tertiary/aromatic N) is 2. The maximum atomic E-state index is 13.3. The van der Waals surface area contributed by atoms with Crippen LogP contribution < -0.4 is 15.8 Å². The minimum absolute atomic E-state index is 0.0178. The van der Waals surface area contributed by atoms with Crippen molar-refractivity contribution in [1.29, 1.82) is 0 Å². The molecule has 4 amide bonds. The maximum Gasteiger partial charge on any atom is 0.262 e. The van der Waals surface area contributed by atoms with E-state index in [1.54, 1.807) is 30.3 Å². The van der Waals surface area contributed by atoms with Crippen LogP contribution in [0.4, 0.5) is 5.69 Å². The van der Waals surface area contributed by atoms with Gasteiger partial charge in [0.05, 0.1) is 16.8 Å². The molecule has 5 rings (SSSR count). The van der Waals surface area contributed by atoms with Crippen LogP contribution in [0.2, 0.25) is 10.0 Å². The molecule has 0 unspecified atom stereocenters. The van der Waals surface area contributed by atoms with Gasteiger partial charge in [-0.05, 0) is 60.9 Å². The normalized spacial score (nSPS) is 21.7. The zero-order chi connectivity index (χ0) is 28.0. The number of likely N-dealkylation sites (tertiary alicyclic amines) is 1. The average Bonchev–Trinajstić information content (AvgIpc) is 3.46. The van der Waals surface area contributed by atoms with Crippen LogP contribution >= 0.6 is 35.0 Å². The smallest absolute Gasteiger partial charge is 0.262 e. The van der Waals surface area contributed by atoms with Crippen molar-refractivity contribution in [2.24, 2.45) is 5.73 Å². The Morgan fingerprint density at radius 3 is 2.59 bits per heavy atom. The fourth-order valence-corrected chi connectivity index (χ4v) is 7.12. The van der Waals surface area contributed by atoms with Crippen LogP contribution in [-0.2, 0) is 25.6 Å². The third kappa shape index (κ3) is 6.62. The summed E-state index contributed by atoms with van der Waals surface area (Å²) in [5, 5.41) is 3.79. The molecule has 39 heavy (non-hydrogen) atoms. The van der Waals surface area contributed by atoms with E-state index in [-0.39, 0.29) is 42.5 Å². The molecule has 3 aliphatic rings. The predicted octanol–water partition coefficient (Wildman–Crippen LogP) is 3.71. The minimum Gasteiger partial charge on any atom is -0.482 e. The van der Waals surface area contributed by atoms with Crippen molar-refractivity contribution in [3.05, 3.63) is 58.1 Å². The number of hydrogen-bond acceptors (Lipinski definition) is 6. The molecule has 2 atom stereocenters. The Kier molecular flexibility index (Phi) is 9.63. The van der Waals surface area contributed by atoms with Crippen molar-refractivity contribution in [2.45, 2.75) is 43.0 Å². The molecule has 3 N–H and O–H groups in total. The first-order valence-corrected chi connectivity index (χ1v) is 14.4. The lowest BCUT2D eigenvalue weighted by Gasteiger charge is -2.33. The number of rotatable bonds is 6. The van der Waals surface area contributed by atoms with Crippen molar-refractivity contribution < 1.29 is 23.9 Å². The summed E-state index contributed by atoms with van der Waals surface area (Å²) >= 11 is 13.8. The fraction of sp³-hybridized carbons (Fsp3) is 0.407. The molecule has 12 heteroatoms. The van der Waals surface area contributed by atoms with Crippen LogP contribution in [0.15, 0.2) is 42.5 Å². The van der Waals surface area contributed by atoms with E-state index in [4.69, 9.17) is 32.7 Å². The van der Waals surface area contributed by atoms with Crippen LogP contribution in [-0.4, -0.2) is 70.3 Å². The van der Waals surface area contributed by atoms with Gasteiger partial charge in [-0.2, -0.15) is 0 Å². The van der Waals surface area contributed by atoms with Gasteiger partial charge >= 0.3 is 0 Å². The van der Waals surface area contributed by atoms with Gasteiger partial charge in [-0.3, -0.25) is 19.2 Å². The Hall–Kier alpha value is -2.95. The van der Waals surface area contributed by atoms with E-state index in [1.165, 1.54) is 0 Å². The first-order valence-electron chi connectivity index (χ1n) is 12.6. The van der Waals surface area contributed by atoms with E-state index in [1.807, 2.05) is 33.7 Å². The maximum absolute atomic E-state index is 13.3. The Morgan fingerprint density at radius 2 is 1.90 bits per heavy atom. The molecule has 2 aromatic carbocycles. The lowest BCUT2D eigenvalue weighted by atomic mass is 9.93. The number of amides is 4. The van der Waals surface area contributed by atoms with Crippen LogP contribution in [0.3, 0.4) is 0 Å². The summed E-state index contributed by atoms with van der Waals surface area (Å²) in [6, 6.07) is 12.0. The first-order chi connectivity index (χ1) is 18.8. The van der Waals surface area contributed by atoms with Crippen molar-refractivity contribution >= 4 is 64.8 Å². The van der Waals surface area contributed by atoms with Gasteiger partial charge in [0, 0.05) is 30.2 Å². The van der Waals surface area contributed by atoms with Gasteiger partial charge in [0.2, 0.25) is 18.2 Å². The number of thioether (sulfide) groups is 1. The van der Waals surface area contributed by atoms with Crippen LogP contribution in [0.25, 0.3) is 0 Å². The topological polar surface area (TPSA) is 122 Å². The summed E-state index contributed by atoms with van der Waals surface area (Å²) in [6.07, 6.45) is 3.83. The second-order valence-corrected chi connectivity index (χ2v) is 11.6. The van der Waals surface area contributed by atoms with Crippen molar-refractivity contribution in [1.82, 2.24) is 9.80 Å². The number of carbonyl (C=O) groups excluding carboxylic acids is 4. The van der Waals surface area contributed by atoms with Gasteiger partial charge in [0.25, 0.3) is 5.91 Å². The van der Waals surface area contributed by atoms with Crippen molar-refractivity contribution in [3.8, 4) is 5.75 Å². The number of carbonyl (C=O) groups is 4. The zero-order valence-electron chi connectivity index (χ0n) is 21.2. The molecule has 2 aromatic rings. The van der Waals surface area contributed by atoms with Gasteiger partial charge in [0.1, 0.15) is 11.3 Å². The summed E-state index contributed by atoms with van der Waals surface area (Å²) in [5.74, 6) is 1.22. The molecule has 0 bridgehead atoms. The summed E-state index contributed by atoms with van der Waals surface area (Å²) in [4.78, 5) is 51.3. The van der Waals surface area contributed by atoms with Crippen molar-refractivity contribution in [3.63, 3.8) is 0 Å². The average molecular weight is 594 g/mol. The summed E-state index contributed by atoms with van der Waals surface area (Å²) < 4.78 is 5.46. The molecule has 0 aromatic heterocycles. The molecule has 0 saturated carbocycles. The van der Waals surface area contributed by atoms with E-state index in [0.29, 0.717) is 28.0 Å². The molecule has 3 saturated heterocycles. The number of primary amides is 1. The molecule has 0 radical (unpaired) electrons. The van der Waals surface area contributed by atoms with Crippen LogP contribution in [0.5, 0.6) is 5.75 Å². The second kappa shape index (κ2) is 12.9. The monoisotopic (exact) mass is 592 g/mol.